The molecule has 0 radical (unpaired) electrons. The normalized spacial score (nSPS) is 14.2. The number of carbonyl (C=O) groups excluding carboxylic acids is 1. The summed E-state index contributed by atoms with van der Waals surface area (Å²) in [5.41, 5.74) is 2.20. The van der Waals surface area contributed by atoms with Crippen LogP contribution in [0.5, 0.6) is 0 Å². The van der Waals surface area contributed by atoms with Gasteiger partial charge in [-0.2, -0.15) is 0 Å². The summed E-state index contributed by atoms with van der Waals surface area (Å²) >= 11 is 3.49. The molecule has 2 aromatic rings. The Morgan fingerprint density at radius 2 is 2.17 bits per heavy atom. The molecule has 0 atom stereocenters. The molecule has 0 spiro atoms. The number of aromatic nitrogens is 1. The molecule has 1 aliphatic rings. The third-order valence-corrected chi connectivity index (χ3v) is 3.88. The Morgan fingerprint density at radius 1 is 1.33 bits per heavy atom. The van der Waals surface area contributed by atoms with Crippen molar-refractivity contribution < 1.29 is 9.18 Å². The Labute approximate surface area is 112 Å². The van der Waals surface area contributed by atoms with Gasteiger partial charge in [-0.3, -0.25) is 4.79 Å². The van der Waals surface area contributed by atoms with E-state index in [1.165, 1.54) is 12.1 Å². The molecule has 0 fully saturated rings. The van der Waals surface area contributed by atoms with Gasteiger partial charge in [-0.1, -0.05) is 12.1 Å². The Balaban J connectivity index is 2.17. The Bertz CT molecular complexity index is 636. The topological polar surface area (TPSA) is 34.0 Å². The average Bonchev–Trinajstić information content (AvgIpc) is 2.69. The second-order valence-electron chi connectivity index (χ2n) is 4.15. The second-order valence-corrected chi connectivity index (χ2v) is 4.90. The predicted octanol–water partition coefficient (Wildman–Crippen LogP) is 2.80. The number of hydrogen-bond donors (Lipinski definition) is 1. The molecule has 92 valence electrons. The molecule has 0 aliphatic carbocycles. The summed E-state index contributed by atoms with van der Waals surface area (Å²) in [7, 11) is 0. The van der Waals surface area contributed by atoms with E-state index < -0.39 is 0 Å². The maximum absolute atomic E-state index is 13.2. The number of fused-ring (bicyclic) bond motifs is 1. The van der Waals surface area contributed by atoms with Gasteiger partial charge in [0.25, 0.3) is 5.91 Å². The highest BCUT2D eigenvalue weighted by Crippen LogP contribution is 2.32. The molecule has 0 saturated carbocycles. The summed E-state index contributed by atoms with van der Waals surface area (Å²) < 4.78 is 16.0. The van der Waals surface area contributed by atoms with Crippen LogP contribution >= 0.6 is 15.9 Å². The molecule has 1 aromatic carbocycles. The highest BCUT2D eigenvalue weighted by atomic mass is 79.9. The molecule has 0 unspecified atom stereocenters. The molecular weight excluding hydrogens is 299 g/mol. The van der Waals surface area contributed by atoms with E-state index in [0.29, 0.717) is 12.2 Å². The zero-order valence-electron chi connectivity index (χ0n) is 9.41. The molecule has 2 heterocycles. The van der Waals surface area contributed by atoms with Crippen molar-refractivity contribution in [3.05, 3.63) is 46.4 Å². The number of rotatable bonds is 1. The number of hydrogen-bond acceptors (Lipinski definition) is 1. The summed E-state index contributed by atoms with van der Waals surface area (Å²) in [5.74, 6) is -0.377. The van der Waals surface area contributed by atoms with Gasteiger partial charge in [-0.25, -0.2) is 4.39 Å². The average molecular weight is 309 g/mol. The third-order valence-electron chi connectivity index (χ3n) is 3.02. The molecule has 0 bridgehead atoms. The van der Waals surface area contributed by atoms with E-state index in [1.807, 2.05) is 10.6 Å². The van der Waals surface area contributed by atoms with Crippen LogP contribution in [0.3, 0.4) is 0 Å². The quantitative estimate of drug-likeness (QED) is 0.863. The Morgan fingerprint density at radius 3 is 2.89 bits per heavy atom. The fraction of sp³-hybridized carbons (Fsp3) is 0.154. The zero-order chi connectivity index (χ0) is 12.7. The zero-order valence-corrected chi connectivity index (χ0v) is 11.0. The number of halogens is 2. The summed E-state index contributed by atoms with van der Waals surface area (Å²) in [6.45, 7) is 1.33. The van der Waals surface area contributed by atoms with E-state index in [2.05, 4.69) is 21.2 Å². The van der Waals surface area contributed by atoms with Gasteiger partial charge >= 0.3 is 0 Å². The van der Waals surface area contributed by atoms with Crippen LogP contribution in [0.1, 0.15) is 10.5 Å². The van der Waals surface area contributed by atoms with Crippen LogP contribution in [0.15, 0.2) is 34.9 Å². The number of nitrogens with zero attached hydrogens (tertiary/aromatic N) is 1. The molecule has 18 heavy (non-hydrogen) atoms. The van der Waals surface area contributed by atoms with Crippen LogP contribution in [0.4, 0.5) is 4.39 Å². The fourth-order valence-electron chi connectivity index (χ4n) is 2.16. The van der Waals surface area contributed by atoms with Gasteiger partial charge in [-0.05, 0) is 39.7 Å². The maximum atomic E-state index is 13.2. The monoisotopic (exact) mass is 308 g/mol. The summed E-state index contributed by atoms with van der Waals surface area (Å²) in [6.07, 6.45) is 0. The molecule has 1 N–H and O–H groups in total. The lowest BCUT2D eigenvalue weighted by Crippen LogP contribution is -2.34. The summed E-state index contributed by atoms with van der Waals surface area (Å²) in [6, 6.07) is 8.14. The van der Waals surface area contributed by atoms with Crippen molar-refractivity contribution in [2.75, 3.05) is 6.54 Å². The van der Waals surface area contributed by atoms with Gasteiger partial charge in [0, 0.05) is 18.7 Å². The van der Waals surface area contributed by atoms with Crippen molar-refractivity contribution in [3.63, 3.8) is 0 Å². The van der Waals surface area contributed by atoms with E-state index in [9.17, 15) is 9.18 Å². The van der Waals surface area contributed by atoms with E-state index in [0.717, 1.165) is 22.3 Å². The Hall–Kier alpha value is -1.62. The van der Waals surface area contributed by atoms with Crippen LogP contribution in [-0.4, -0.2) is 17.0 Å². The lowest BCUT2D eigenvalue weighted by atomic mass is 10.1. The van der Waals surface area contributed by atoms with Crippen molar-refractivity contribution in [2.45, 2.75) is 6.54 Å². The smallest absolute Gasteiger partial charge is 0.268 e. The van der Waals surface area contributed by atoms with Gasteiger partial charge in [-0.15, -0.1) is 0 Å². The first-order valence-electron chi connectivity index (χ1n) is 5.60. The first-order chi connectivity index (χ1) is 8.66. The molecule has 3 rings (SSSR count). The molecule has 1 amide bonds. The van der Waals surface area contributed by atoms with E-state index >= 15 is 0 Å². The van der Waals surface area contributed by atoms with Crippen molar-refractivity contribution in [2.24, 2.45) is 0 Å². The SMILES string of the molecule is O=C1NCCn2c1cc(-c1cccc(F)c1)c2Br. The van der Waals surface area contributed by atoms with Gasteiger partial charge in [0.05, 0.1) is 4.60 Å². The largest absolute Gasteiger partial charge is 0.349 e. The molecule has 5 heteroatoms. The first-order valence-corrected chi connectivity index (χ1v) is 6.39. The van der Waals surface area contributed by atoms with Gasteiger partial charge in [0.2, 0.25) is 0 Å². The first kappa shape index (κ1) is 11.5. The van der Waals surface area contributed by atoms with Crippen molar-refractivity contribution in [3.8, 4) is 11.1 Å². The summed E-state index contributed by atoms with van der Waals surface area (Å²) in [4.78, 5) is 11.7. The van der Waals surface area contributed by atoms with Gasteiger partial charge < -0.3 is 9.88 Å². The lowest BCUT2D eigenvalue weighted by molar-refractivity contribution is 0.0927. The number of amides is 1. The van der Waals surface area contributed by atoms with E-state index in [1.54, 1.807) is 12.1 Å². The highest BCUT2D eigenvalue weighted by molar-refractivity contribution is 9.10. The van der Waals surface area contributed by atoms with Crippen molar-refractivity contribution >= 4 is 21.8 Å². The predicted molar refractivity (Wildman–Crippen MR) is 69.9 cm³/mol. The van der Waals surface area contributed by atoms with Crippen LogP contribution < -0.4 is 5.32 Å². The molecular formula is C13H10BrFN2O. The highest BCUT2D eigenvalue weighted by Gasteiger charge is 2.22. The maximum Gasteiger partial charge on any atom is 0.268 e. The second kappa shape index (κ2) is 4.24. The molecule has 0 saturated heterocycles. The minimum Gasteiger partial charge on any atom is -0.349 e. The fourth-order valence-corrected chi connectivity index (χ4v) is 2.87. The van der Waals surface area contributed by atoms with E-state index in [-0.39, 0.29) is 11.7 Å². The van der Waals surface area contributed by atoms with Gasteiger partial charge in [0.1, 0.15) is 11.5 Å². The standard InChI is InChI=1S/C13H10BrFN2O/c14-12-10(8-2-1-3-9(15)6-8)7-11-13(18)16-4-5-17(11)12/h1-3,6-7H,4-5H2,(H,16,18). The minimum absolute atomic E-state index is 0.0930. The number of nitrogens with one attached hydrogen (secondary N) is 1. The van der Waals surface area contributed by atoms with Crippen molar-refractivity contribution in [1.82, 2.24) is 9.88 Å². The third kappa shape index (κ3) is 1.75. The van der Waals surface area contributed by atoms with Gasteiger partial charge in [0.15, 0.2) is 0 Å². The number of carbonyl (C=O) groups is 1. The minimum atomic E-state index is -0.284. The molecule has 1 aromatic heterocycles. The lowest BCUT2D eigenvalue weighted by Gasteiger charge is -2.16. The van der Waals surface area contributed by atoms with Crippen LogP contribution in [0.25, 0.3) is 11.1 Å². The number of benzene rings is 1. The van der Waals surface area contributed by atoms with Crippen LogP contribution in [0.2, 0.25) is 0 Å². The molecule has 1 aliphatic heterocycles. The van der Waals surface area contributed by atoms with Crippen molar-refractivity contribution in [1.29, 1.82) is 0 Å². The van der Waals surface area contributed by atoms with Crippen LogP contribution in [-0.2, 0) is 6.54 Å². The summed E-state index contributed by atoms with van der Waals surface area (Å²) in [5, 5.41) is 2.79. The van der Waals surface area contributed by atoms with Crippen LogP contribution in [0, 0.1) is 5.82 Å². The van der Waals surface area contributed by atoms with E-state index in [4.69, 9.17) is 0 Å². The Kier molecular flexibility index (Phi) is 2.70. The molecule has 3 nitrogen and oxygen atoms in total.